The van der Waals surface area contributed by atoms with Gasteiger partial charge in [-0.2, -0.15) is 0 Å². The lowest BCUT2D eigenvalue weighted by Gasteiger charge is -2.10. The number of rotatable bonds is 5. The van der Waals surface area contributed by atoms with E-state index >= 15 is 0 Å². The van der Waals surface area contributed by atoms with E-state index in [0.29, 0.717) is 23.7 Å². The molecule has 6 nitrogen and oxygen atoms in total. The van der Waals surface area contributed by atoms with Crippen molar-refractivity contribution in [3.05, 3.63) is 52.9 Å². The highest BCUT2D eigenvalue weighted by atomic mass is 16.5. The Morgan fingerprint density at radius 3 is 2.81 bits per heavy atom. The second-order valence-electron chi connectivity index (χ2n) is 4.48. The molecule has 6 heteroatoms. The number of methoxy groups -OCH3 is 1. The van der Waals surface area contributed by atoms with E-state index in [4.69, 9.17) is 10.5 Å². The van der Waals surface area contributed by atoms with Gasteiger partial charge < -0.3 is 20.4 Å². The molecule has 0 bridgehead atoms. The molecule has 1 heterocycles. The maximum absolute atomic E-state index is 11.9. The number of aromatic nitrogens is 1. The fraction of sp³-hybridized carbons (Fsp3) is 0.200. The smallest absolute Gasteiger partial charge is 0.250 e. The van der Waals surface area contributed by atoms with Gasteiger partial charge in [0.2, 0.25) is 5.91 Å². The summed E-state index contributed by atoms with van der Waals surface area (Å²) in [5, 5.41) is 2.72. The first-order valence-electron chi connectivity index (χ1n) is 6.49. The summed E-state index contributed by atoms with van der Waals surface area (Å²) >= 11 is 0. The number of nitrogen functional groups attached to an aromatic ring is 1. The predicted octanol–water partition coefficient (Wildman–Crippen LogP) is 1.47. The number of anilines is 2. The van der Waals surface area contributed by atoms with Gasteiger partial charge in [-0.05, 0) is 18.2 Å². The first-order chi connectivity index (χ1) is 10.1. The molecule has 1 amide bonds. The van der Waals surface area contributed by atoms with Crippen LogP contribution < -0.4 is 21.3 Å². The summed E-state index contributed by atoms with van der Waals surface area (Å²) in [7, 11) is 1.55. The van der Waals surface area contributed by atoms with Crippen molar-refractivity contribution >= 4 is 17.3 Å². The summed E-state index contributed by atoms with van der Waals surface area (Å²) in [4.78, 5) is 23.4. The maximum Gasteiger partial charge on any atom is 0.250 e. The third-order valence-electron chi connectivity index (χ3n) is 3.01. The maximum atomic E-state index is 11.9. The molecule has 0 saturated heterocycles. The third kappa shape index (κ3) is 3.85. The molecular formula is C15H17N3O3. The molecule has 1 aromatic heterocycles. The van der Waals surface area contributed by atoms with Crippen LogP contribution in [0.3, 0.4) is 0 Å². The SMILES string of the molecule is COc1ccc(NC(=O)CCn2ccccc2=O)c(N)c1. The highest BCUT2D eigenvalue weighted by Gasteiger charge is 2.07. The average molecular weight is 287 g/mol. The van der Waals surface area contributed by atoms with Gasteiger partial charge in [-0.1, -0.05) is 6.07 Å². The lowest BCUT2D eigenvalue weighted by molar-refractivity contribution is -0.116. The number of nitrogens with one attached hydrogen (secondary N) is 1. The molecule has 1 aromatic carbocycles. The lowest BCUT2D eigenvalue weighted by atomic mass is 10.2. The van der Waals surface area contributed by atoms with Gasteiger partial charge in [0.15, 0.2) is 0 Å². The molecule has 0 aliphatic rings. The van der Waals surface area contributed by atoms with Crippen LogP contribution in [0.25, 0.3) is 0 Å². The second kappa shape index (κ2) is 6.60. The zero-order chi connectivity index (χ0) is 15.2. The van der Waals surface area contributed by atoms with Crippen molar-refractivity contribution in [2.45, 2.75) is 13.0 Å². The molecule has 2 aromatic rings. The summed E-state index contributed by atoms with van der Waals surface area (Å²) in [6.07, 6.45) is 1.84. The molecule has 0 aliphatic carbocycles. The summed E-state index contributed by atoms with van der Waals surface area (Å²) in [6.45, 7) is 0.321. The van der Waals surface area contributed by atoms with Crippen LogP contribution in [-0.2, 0) is 11.3 Å². The largest absolute Gasteiger partial charge is 0.497 e. The van der Waals surface area contributed by atoms with Crippen molar-refractivity contribution in [1.82, 2.24) is 4.57 Å². The molecule has 110 valence electrons. The Morgan fingerprint density at radius 2 is 2.14 bits per heavy atom. The van der Waals surface area contributed by atoms with Crippen LogP contribution in [0, 0.1) is 0 Å². The Balaban J connectivity index is 1.96. The van der Waals surface area contributed by atoms with E-state index in [9.17, 15) is 9.59 Å². The van der Waals surface area contributed by atoms with Gasteiger partial charge in [-0.15, -0.1) is 0 Å². The molecule has 0 fully saturated rings. The number of hydrogen-bond acceptors (Lipinski definition) is 4. The number of carbonyl (C=O) groups is 1. The minimum absolute atomic E-state index is 0.130. The molecule has 0 aliphatic heterocycles. The Kier molecular flexibility index (Phi) is 4.61. The average Bonchev–Trinajstić information content (AvgIpc) is 2.48. The minimum atomic E-state index is -0.206. The van der Waals surface area contributed by atoms with Crippen LogP contribution in [0.2, 0.25) is 0 Å². The number of benzene rings is 1. The lowest BCUT2D eigenvalue weighted by Crippen LogP contribution is -2.22. The summed E-state index contributed by atoms with van der Waals surface area (Å²) in [5.41, 5.74) is 6.66. The molecule has 0 saturated carbocycles. The molecular weight excluding hydrogens is 270 g/mol. The minimum Gasteiger partial charge on any atom is -0.497 e. The summed E-state index contributed by atoms with van der Waals surface area (Å²) in [5.74, 6) is 0.420. The molecule has 0 unspecified atom stereocenters. The van der Waals surface area contributed by atoms with Crippen LogP contribution >= 0.6 is 0 Å². The number of carbonyl (C=O) groups excluding carboxylic acids is 1. The first kappa shape index (κ1) is 14.6. The van der Waals surface area contributed by atoms with E-state index in [1.54, 1.807) is 43.6 Å². The van der Waals surface area contributed by atoms with Gasteiger partial charge in [0.1, 0.15) is 5.75 Å². The van der Waals surface area contributed by atoms with Crippen molar-refractivity contribution < 1.29 is 9.53 Å². The Bertz CT molecular complexity index is 695. The number of nitrogens with two attached hydrogens (primary N) is 1. The van der Waals surface area contributed by atoms with Crippen molar-refractivity contribution in [3.63, 3.8) is 0 Å². The van der Waals surface area contributed by atoms with Crippen LogP contribution in [0.5, 0.6) is 5.75 Å². The van der Waals surface area contributed by atoms with E-state index in [2.05, 4.69) is 5.32 Å². The third-order valence-corrected chi connectivity index (χ3v) is 3.01. The van der Waals surface area contributed by atoms with Crippen molar-refractivity contribution in [2.24, 2.45) is 0 Å². The van der Waals surface area contributed by atoms with Crippen molar-refractivity contribution in [3.8, 4) is 5.75 Å². The molecule has 2 rings (SSSR count). The molecule has 3 N–H and O–H groups in total. The molecule has 0 spiro atoms. The van der Waals surface area contributed by atoms with Crippen molar-refractivity contribution in [2.75, 3.05) is 18.2 Å². The molecule has 21 heavy (non-hydrogen) atoms. The first-order valence-corrected chi connectivity index (χ1v) is 6.49. The number of aryl methyl sites for hydroxylation is 1. The Labute approximate surface area is 122 Å². The predicted molar refractivity (Wildman–Crippen MR) is 81.4 cm³/mol. The van der Waals surface area contributed by atoms with Gasteiger partial charge in [0.05, 0.1) is 18.5 Å². The fourth-order valence-electron chi connectivity index (χ4n) is 1.86. The van der Waals surface area contributed by atoms with E-state index in [-0.39, 0.29) is 17.9 Å². The summed E-state index contributed by atoms with van der Waals surface area (Å²) < 4.78 is 6.53. The molecule has 0 atom stereocenters. The zero-order valence-corrected chi connectivity index (χ0v) is 11.7. The normalized spacial score (nSPS) is 10.1. The number of amides is 1. The van der Waals surface area contributed by atoms with Crippen LogP contribution in [-0.4, -0.2) is 17.6 Å². The van der Waals surface area contributed by atoms with E-state index in [1.165, 1.54) is 10.6 Å². The highest BCUT2D eigenvalue weighted by Crippen LogP contribution is 2.24. The van der Waals surface area contributed by atoms with Crippen LogP contribution in [0.15, 0.2) is 47.4 Å². The Hall–Kier alpha value is -2.76. The quantitative estimate of drug-likeness (QED) is 0.815. The fourth-order valence-corrected chi connectivity index (χ4v) is 1.86. The zero-order valence-electron chi connectivity index (χ0n) is 11.7. The number of nitrogens with zero attached hydrogens (tertiary/aromatic N) is 1. The van der Waals surface area contributed by atoms with E-state index in [0.717, 1.165) is 0 Å². The van der Waals surface area contributed by atoms with Gasteiger partial charge in [0, 0.05) is 31.3 Å². The van der Waals surface area contributed by atoms with Gasteiger partial charge in [-0.3, -0.25) is 9.59 Å². The molecule has 0 radical (unpaired) electrons. The van der Waals surface area contributed by atoms with Gasteiger partial charge in [0.25, 0.3) is 5.56 Å². The van der Waals surface area contributed by atoms with Gasteiger partial charge >= 0.3 is 0 Å². The second-order valence-corrected chi connectivity index (χ2v) is 4.48. The number of ether oxygens (including phenoxy) is 1. The van der Waals surface area contributed by atoms with Crippen LogP contribution in [0.4, 0.5) is 11.4 Å². The standard InChI is InChI=1S/C15H17N3O3/c1-21-11-5-6-13(12(16)10-11)17-14(19)7-9-18-8-3-2-4-15(18)20/h2-6,8,10H,7,9,16H2,1H3,(H,17,19). The van der Waals surface area contributed by atoms with Crippen molar-refractivity contribution in [1.29, 1.82) is 0 Å². The van der Waals surface area contributed by atoms with E-state index < -0.39 is 0 Å². The highest BCUT2D eigenvalue weighted by molar-refractivity contribution is 5.93. The van der Waals surface area contributed by atoms with E-state index in [1.807, 2.05) is 0 Å². The monoisotopic (exact) mass is 287 g/mol. The van der Waals surface area contributed by atoms with Gasteiger partial charge in [-0.25, -0.2) is 0 Å². The number of hydrogen-bond donors (Lipinski definition) is 2. The topological polar surface area (TPSA) is 86.3 Å². The summed E-state index contributed by atoms with van der Waals surface area (Å²) in [6, 6.07) is 9.91. The van der Waals surface area contributed by atoms with Crippen LogP contribution in [0.1, 0.15) is 6.42 Å². The Morgan fingerprint density at radius 1 is 1.33 bits per heavy atom. The number of pyridine rings is 1.